The van der Waals surface area contributed by atoms with Gasteiger partial charge in [-0.15, -0.1) is 0 Å². The van der Waals surface area contributed by atoms with E-state index >= 15 is 0 Å². The molecule has 0 bridgehead atoms. The van der Waals surface area contributed by atoms with Gasteiger partial charge in [0.05, 0.1) is 0 Å². The van der Waals surface area contributed by atoms with Crippen LogP contribution in [0.3, 0.4) is 0 Å². The molecule has 0 aromatic carbocycles. The third-order valence-electron chi connectivity index (χ3n) is 5.62. The molecule has 1 saturated carbocycles. The van der Waals surface area contributed by atoms with Gasteiger partial charge in [-0.2, -0.15) is 0 Å². The molecule has 0 amide bonds. The van der Waals surface area contributed by atoms with E-state index in [1.165, 1.54) is 57.8 Å². The van der Waals surface area contributed by atoms with Gasteiger partial charge in [0.2, 0.25) is 0 Å². The van der Waals surface area contributed by atoms with Gasteiger partial charge in [-0.25, -0.2) is 0 Å². The van der Waals surface area contributed by atoms with Gasteiger partial charge in [-0.1, -0.05) is 66.7 Å². The van der Waals surface area contributed by atoms with Crippen LogP contribution in [0, 0.1) is 23.2 Å². The van der Waals surface area contributed by atoms with E-state index in [9.17, 15) is 0 Å². The van der Waals surface area contributed by atoms with Crippen LogP contribution >= 0.6 is 0 Å². The van der Waals surface area contributed by atoms with Crippen LogP contribution in [0.4, 0.5) is 0 Å². The predicted molar refractivity (Wildman–Crippen MR) is 82.8 cm³/mol. The van der Waals surface area contributed by atoms with E-state index in [-0.39, 0.29) is 0 Å². The van der Waals surface area contributed by atoms with Gasteiger partial charge in [0.25, 0.3) is 0 Å². The van der Waals surface area contributed by atoms with Gasteiger partial charge in [-0.05, 0) is 48.9 Å². The topological polar surface area (TPSA) is 0 Å². The Kier molecular flexibility index (Phi) is 6.74. The highest BCUT2D eigenvalue weighted by atomic mass is 14.3. The van der Waals surface area contributed by atoms with Crippen molar-refractivity contribution in [2.75, 3.05) is 0 Å². The maximum Gasteiger partial charge on any atom is -0.0357 e. The van der Waals surface area contributed by atoms with Crippen LogP contribution in [-0.2, 0) is 0 Å². The van der Waals surface area contributed by atoms with Crippen molar-refractivity contribution in [1.82, 2.24) is 0 Å². The normalized spacial score (nSPS) is 29.5. The Hall–Kier alpha value is 0. The average molecular weight is 252 g/mol. The minimum absolute atomic E-state index is 0.571. The lowest BCUT2D eigenvalue weighted by molar-refractivity contribution is 0.145. The molecule has 0 heteroatoms. The lowest BCUT2D eigenvalue weighted by Gasteiger charge is -2.37. The summed E-state index contributed by atoms with van der Waals surface area (Å²) in [5, 5.41) is 0. The molecular weight excluding hydrogens is 216 g/mol. The molecule has 0 radical (unpaired) electrons. The smallest absolute Gasteiger partial charge is 0.0357 e. The van der Waals surface area contributed by atoms with Gasteiger partial charge in [0.15, 0.2) is 0 Å². The molecule has 0 N–H and O–H groups in total. The van der Waals surface area contributed by atoms with Gasteiger partial charge < -0.3 is 0 Å². The largest absolute Gasteiger partial charge is 0.0654 e. The third kappa shape index (κ3) is 4.94. The highest BCUT2D eigenvalue weighted by Crippen LogP contribution is 2.41. The lowest BCUT2D eigenvalue weighted by atomic mass is 9.69. The molecule has 0 nitrogen and oxygen atoms in total. The van der Waals surface area contributed by atoms with E-state index < -0.39 is 0 Å². The monoisotopic (exact) mass is 252 g/mol. The minimum atomic E-state index is 0.571. The highest BCUT2D eigenvalue weighted by molar-refractivity contribution is 4.80. The van der Waals surface area contributed by atoms with E-state index in [1.54, 1.807) is 0 Å². The van der Waals surface area contributed by atoms with Crippen molar-refractivity contribution in [3.8, 4) is 0 Å². The van der Waals surface area contributed by atoms with Gasteiger partial charge in [-0.3, -0.25) is 0 Å². The van der Waals surface area contributed by atoms with E-state index in [1.807, 2.05) is 0 Å². The SMILES string of the molecule is CCCC1CCC(CCC(C)(C)CC)CC1CC. The summed E-state index contributed by atoms with van der Waals surface area (Å²) in [5.41, 5.74) is 0.571. The summed E-state index contributed by atoms with van der Waals surface area (Å²) in [6.07, 6.45) is 13.1. The summed E-state index contributed by atoms with van der Waals surface area (Å²) >= 11 is 0. The molecule has 108 valence electrons. The number of rotatable bonds is 7. The van der Waals surface area contributed by atoms with E-state index in [4.69, 9.17) is 0 Å². The number of hydrogen-bond donors (Lipinski definition) is 0. The molecule has 1 fully saturated rings. The fourth-order valence-corrected chi connectivity index (χ4v) is 3.71. The van der Waals surface area contributed by atoms with Crippen LogP contribution in [0.25, 0.3) is 0 Å². The molecule has 0 aromatic heterocycles. The molecular formula is C18H36. The van der Waals surface area contributed by atoms with Crippen LogP contribution < -0.4 is 0 Å². The molecule has 0 aromatic rings. The quantitative estimate of drug-likeness (QED) is 0.488. The maximum atomic E-state index is 2.44. The summed E-state index contributed by atoms with van der Waals surface area (Å²) in [6, 6.07) is 0. The first-order chi connectivity index (χ1) is 8.52. The average Bonchev–Trinajstić information content (AvgIpc) is 2.38. The Morgan fingerprint density at radius 2 is 1.67 bits per heavy atom. The molecule has 1 rings (SSSR count). The van der Waals surface area contributed by atoms with Crippen LogP contribution in [0.15, 0.2) is 0 Å². The van der Waals surface area contributed by atoms with Crippen molar-refractivity contribution in [1.29, 1.82) is 0 Å². The second kappa shape index (κ2) is 7.56. The molecule has 0 spiro atoms. The van der Waals surface area contributed by atoms with Gasteiger partial charge in [0, 0.05) is 0 Å². The summed E-state index contributed by atoms with van der Waals surface area (Å²) in [6.45, 7) is 12.0. The zero-order chi connectivity index (χ0) is 13.6. The second-order valence-electron chi connectivity index (χ2n) is 7.45. The van der Waals surface area contributed by atoms with Crippen molar-refractivity contribution >= 4 is 0 Å². The fraction of sp³-hybridized carbons (Fsp3) is 1.00. The fourth-order valence-electron chi connectivity index (χ4n) is 3.71. The standard InChI is InChI=1S/C18H36/c1-6-9-17-11-10-15(14-16(17)7-2)12-13-18(4,5)8-3/h15-17H,6-14H2,1-5H3. The molecule has 0 aliphatic heterocycles. The van der Waals surface area contributed by atoms with E-state index in [0.29, 0.717) is 5.41 Å². The second-order valence-corrected chi connectivity index (χ2v) is 7.45. The molecule has 3 atom stereocenters. The van der Waals surface area contributed by atoms with Crippen LogP contribution in [0.2, 0.25) is 0 Å². The van der Waals surface area contributed by atoms with Crippen molar-refractivity contribution in [3.63, 3.8) is 0 Å². The Bertz CT molecular complexity index is 216. The van der Waals surface area contributed by atoms with Crippen molar-refractivity contribution < 1.29 is 0 Å². The Morgan fingerprint density at radius 1 is 0.944 bits per heavy atom. The Balaban J connectivity index is 2.38. The lowest BCUT2D eigenvalue weighted by Crippen LogP contribution is -2.25. The molecule has 1 aliphatic rings. The maximum absolute atomic E-state index is 2.44. The summed E-state index contributed by atoms with van der Waals surface area (Å²) in [4.78, 5) is 0. The van der Waals surface area contributed by atoms with Crippen molar-refractivity contribution in [3.05, 3.63) is 0 Å². The summed E-state index contributed by atoms with van der Waals surface area (Å²) in [5.74, 6) is 3.12. The molecule has 18 heavy (non-hydrogen) atoms. The van der Waals surface area contributed by atoms with Crippen molar-refractivity contribution in [2.45, 2.75) is 92.4 Å². The highest BCUT2D eigenvalue weighted by Gasteiger charge is 2.29. The molecule has 0 saturated heterocycles. The predicted octanol–water partition coefficient (Wildman–Crippen LogP) is 6.45. The van der Waals surface area contributed by atoms with E-state index in [0.717, 1.165) is 17.8 Å². The summed E-state index contributed by atoms with van der Waals surface area (Å²) in [7, 11) is 0. The Morgan fingerprint density at radius 3 is 2.22 bits per heavy atom. The zero-order valence-electron chi connectivity index (χ0n) is 13.6. The summed E-state index contributed by atoms with van der Waals surface area (Å²) < 4.78 is 0. The Labute approximate surface area is 116 Å². The molecule has 3 unspecified atom stereocenters. The number of hydrogen-bond acceptors (Lipinski definition) is 0. The van der Waals surface area contributed by atoms with Gasteiger partial charge in [0.1, 0.15) is 0 Å². The molecule has 1 aliphatic carbocycles. The zero-order valence-corrected chi connectivity index (χ0v) is 13.6. The van der Waals surface area contributed by atoms with Crippen molar-refractivity contribution in [2.24, 2.45) is 23.2 Å². The first kappa shape index (κ1) is 16.1. The third-order valence-corrected chi connectivity index (χ3v) is 5.62. The minimum Gasteiger partial charge on any atom is -0.0654 e. The van der Waals surface area contributed by atoms with Gasteiger partial charge >= 0.3 is 0 Å². The van der Waals surface area contributed by atoms with Crippen LogP contribution in [-0.4, -0.2) is 0 Å². The first-order valence-corrected chi connectivity index (χ1v) is 8.52. The van der Waals surface area contributed by atoms with E-state index in [2.05, 4.69) is 34.6 Å². The molecule has 0 heterocycles. The first-order valence-electron chi connectivity index (χ1n) is 8.52. The van der Waals surface area contributed by atoms with Crippen LogP contribution in [0.1, 0.15) is 92.4 Å². The van der Waals surface area contributed by atoms with Crippen LogP contribution in [0.5, 0.6) is 0 Å².